The Labute approximate surface area is 397 Å². The number of anilines is 5. The maximum absolute atomic E-state index is 2.74. The molecule has 3 aliphatic heterocycles. The summed E-state index contributed by atoms with van der Waals surface area (Å²) in [6.07, 6.45) is 2.32. The van der Waals surface area contributed by atoms with Crippen LogP contribution >= 0.6 is 11.3 Å². The quantitative estimate of drug-likeness (QED) is 0.163. The molecule has 0 bridgehead atoms. The number of hydrogen-bond acceptors (Lipinski definition) is 3. The van der Waals surface area contributed by atoms with Gasteiger partial charge in [-0.1, -0.05) is 185 Å². The second-order valence-electron chi connectivity index (χ2n) is 20.6. The average molecular weight is 877 g/mol. The molecule has 0 spiro atoms. The molecule has 4 aliphatic rings. The standard InChI is InChI=1S/C63H49BN2S/c1-61(2)35-36-62(3,4)50-38-53-46(37-49(50)61)58-57-45-25-14-17-30-55(45)67-56(57)39-54-59(58)64(66(53)44-33-31-41(32-34-44)40-19-8-5-9-20-40)51-28-18-27-48-60(51)65(54)52-29-16-15-26-47(52)63(48,42-21-10-6-11-22-42)43-23-12-7-13-24-43/h5-34,37-39H,35-36H2,1-4H3. The summed E-state index contributed by atoms with van der Waals surface area (Å²) in [5.41, 5.74) is 21.8. The Morgan fingerprint density at radius 1 is 0.478 bits per heavy atom. The van der Waals surface area contributed by atoms with Crippen molar-refractivity contribution in [2.45, 2.75) is 56.8 Å². The van der Waals surface area contributed by atoms with Gasteiger partial charge in [-0.15, -0.1) is 11.3 Å². The van der Waals surface area contributed by atoms with Crippen LogP contribution in [0.5, 0.6) is 0 Å². The summed E-state index contributed by atoms with van der Waals surface area (Å²) >= 11 is 1.94. The molecule has 9 aromatic carbocycles. The Hall–Kier alpha value is -7.14. The lowest BCUT2D eigenvalue weighted by molar-refractivity contribution is 0.332. The van der Waals surface area contributed by atoms with Crippen LogP contribution in [-0.4, -0.2) is 6.85 Å². The zero-order valence-electron chi connectivity index (χ0n) is 38.3. The lowest BCUT2D eigenvalue weighted by Gasteiger charge is -2.52. The molecule has 0 radical (unpaired) electrons. The van der Waals surface area contributed by atoms with E-state index in [0.717, 1.165) is 12.8 Å². The van der Waals surface area contributed by atoms with E-state index in [1.165, 1.54) is 115 Å². The molecule has 4 heteroatoms. The molecule has 14 rings (SSSR count). The largest absolute Gasteiger partial charge is 0.376 e. The molecular weight excluding hydrogens is 828 g/mol. The third-order valence-electron chi connectivity index (χ3n) is 16.2. The van der Waals surface area contributed by atoms with Crippen LogP contribution in [0.15, 0.2) is 200 Å². The third kappa shape index (κ3) is 5.28. The summed E-state index contributed by atoms with van der Waals surface area (Å²) in [7, 11) is 0. The highest BCUT2D eigenvalue weighted by Crippen LogP contribution is 2.61. The molecule has 1 aromatic heterocycles. The van der Waals surface area contributed by atoms with E-state index in [9.17, 15) is 0 Å². The molecule has 10 aromatic rings. The minimum Gasteiger partial charge on any atom is -0.376 e. The van der Waals surface area contributed by atoms with E-state index in [-0.39, 0.29) is 17.7 Å². The van der Waals surface area contributed by atoms with Crippen LogP contribution < -0.4 is 20.6 Å². The Bertz CT molecular complexity index is 3610. The van der Waals surface area contributed by atoms with Gasteiger partial charge in [0.25, 0.3) is 0 Å². The van der Waals surface area contributed by atoms with Crippen LogP contribution in [0, 0.1) is 0 Å². The fourth-order valence-corrected chi connectivity index (χ4v) is 14.1. The number of hydrogen-bond donors (Lipinski definition) is 0. The minimum absolute atomic E-state index is 0.0270. The Kier molecular flexibility index (Phi) is 8.13. The summed E-state index contributed by atoms with van der Waals surface area (Å²) < 4.78 is 2.66. The van der Waals surface area contributed by atoms with E-state index in [1.807, 2.05) is 11.3 Å². The van der Waals surface area contributed by atoms with Crippen molar-refractivity contribution in [2.75, 3.05) is 9.71 Å². The van der Waals surface area contributed by atoms with E-state index in [2.05, 4.69) is 238 Å². The smallest absolute Gasteiger partial charge is 0.333 e. The van der Waals surface area contributed by atoms with Crippen LogP contribution in [0.3, 0.4) is 0 Å². The van der Waals surface area contributed by atoms with Crippen molar-refractivity contribution in [3.63, 3.8) is 0 Å². The number of fused-ring (bicyclic) bond motifs is 11. The third-order valence-corrected chi connectivity index (χ3v) is 17.3. The molecule has 4 heterocycles. The summed E-state index contributed by atoms with van der Waals surface area (Å²) in [6, 6.07) is 76.3. The van der Waals surface area contributed by atoms with Gasteiger partial charge in [-0.3, -0.25) is 0 Å². The van der Waals surface area contributed by atoms with Gasteiger partial charge >= 0.3 is 6.85 Å². The van der Waals surface area contributed by atoms with Crippen molar-refractivity contribution in [1.29, 1.82) is 0 Å². The molecule has 0 fully saturated rings. The highest BCUT2D eigenvalue weighted by Gasteiger charge is 2.54. The van der Waals surface area contributed by atoms with Crippen molar-refractivity contribution in [2.24, 2.45) is 0 Å². The summed E-state index contributed by atoms with van der Waals surface area (Å²) in [5.74, 6) is 0. The Balaban J connectivity index is 1.16. The summed E-state index contributed by atoms with van der Waals surface area (Å²) in [6.45, 7) is 9.78. The van der Waals surface area contributed by atoms with Crippen molar-refractivity contribution >= 4 is 77.7 Å². The zero-order chi connectivity index (χ0) is 44.8. The second-order valence-corrected chi connectivity index (χ2v) is 21.7. The van der Waals surface area contributed by atoms with Gasteiger partial charge in [0.2, 0.25) is 0 Å². The molecule has 0 unspecified atom stereocenters. The lowest BCUT2D eigenvalue weighted by atomic mass is 9.42. The first-order valence-corrected chi connectivity index (χ1v) is 24.8. The predicted octanol–water partition coefficient (Wildman–Crippen LogP) is 15.5. The van der Waals surface area contributed by atoms with Gasteiger partial charge in [-0.25, -0.2) is 0 Å². The van der Waals surface area contributed by atoms with E-state index in [4.69, 9.17) is 0 Å². The van der Waals surface area contributed by atoms with E-state index in [0.29, 0.717) is 0 Å². The highest BCUT2D eigenvalue weighted by atomic mass is 32.1. The fraction of sp³-hybridized carbons (Fsp3) is 0.143. The molecule has 1 aliphatic carbocycles. The van der Waals surface area contributed by atoms with Gasteiger partial charge in [0.1, 0.15) is 0 Å². The predicted molar refractivity (Wildman–Crippen MR) is 286 cm³/mol. The molecule has 320 valence electrons. The molecule has 0 atom stereocenters. The number of rotatable bonds is 4. The van der Waals surface area contributed by atoms with Crippen molar-refractivity contribution in [1.82, 2.24) is 0 Å². The van der Waals surface area contributed by atoms with E-state index >= 15 is 0 Å². The Morgan fingerprint density at radius 2 is 1.07 bits per heavy atom. The number of benzene rings is 9. The van der Waals surface area contributed by atoms with E-state index < -0.39 is 5.41 Å². The molecule has 67 heavy (non-hydrogen) atoms. The van der Waals surface area contributed by atoms with Crippen molar-refractivity contribution < 1.29 is 0 Å². The molecule has 0 saturated carbocycles. The first kappa shape index (κ1) is 39.1. The molecule has 0 N–H and O–H groups in total. The van der Waals surface area contributed by atoms with Gasteiger partial charge in [0.15, 0.2) is 0 Å². The first-order valence-electron chi connectivity index (χ1n) is 24.0. The SMILES string of the molecule is CC1(C)CCC(C)(C)c2cc3c(cc21)-c1c2c(cc4sc5ccccc5c14)N1c4ccccc4C(c4ccccc4)(c4ccccc4)c4cccc(c41)B2N3c1ccc(-c2ccccc2)cc1. The van der Waals surface area contributed by atoms with Gasteiger partial charge in [0.05, 0.1) is 11.1 Å². The molecule has 0 saturated heterocycles. The van der Waals surface area contributed by atoms with E-state index in [1.54, 1.807) is 0 Å². The number of para-hydroxylation sites is 2. The first-order chi connectivity index (χ1) is 32.7. The van der Waals surface area contributed by atoms with Crippen molar-refractivity contribution in [3.05, 3.63) is 234 Å². The summed E-state index contributed by atoms with van der Waals surface area (Å²) in [5, 5.41) is 2.72. The average Bonchev–Trinajstić information content (AvgIpc) is 3.75. The second kappa shape index (κ2) is 14.0. The summed E-state index contributed by atoms with van der Waals surface area (Å²) in [4.78, 5) is 5.42. The molecular formula is C63H49BN2S. The number of nitrogens with zero attached hydrogens (tertiary/aromatic N) is 2. The Morgan fingerprint density at radius 3 is 1.79 bits per heavy atom. The molecule has 2 nitrogen and oxygen atoms in total. The van der Waals surface area contributed by atoms with Gasteiger partial charge < -0.3 is 9.71 Å². The maximum Gasteiger partial charge on any atom is 0.333 e. The van der Waals surface area contributed by atoms with Crippen molar-refractivity contribution in [3.8, 4) is 22.3 Å². The van der Waals surface area contributed by atoms with Gasteiger partial charge in [-0.2, -0.15) is 0 Å². The van der Waals surface area contributed by atoms with Crippen LogP contribution in [0.2, 0.25) is 0 Å². The zero-order valence-corrected chi connectivity index (χ0v) is 39.2. The normalized spacial score (nSPS) is 16.5. The van der Waals surface area contributed by atoms with Crippen LogP contribution in [-0.2, 0) is 16.2 Å². The topological polar surface area (TPSA) is 6.48 Å². The van der Waals surface area contributed by atoms with Crippen LogP contribution in [0.1, 0.15) is 73.9 Å². The fourth-order valence-electron chi connectivity index (χ4n) is 12.9. The highest BCUT2D eigenvalue weighted by molar-refractivity contribution is 7.26. The maximum atomic E-state index is 2.74. The van der Waals surface area contributed by atoms with Gasteiger partial charge in [0, 0.05) is 48.5 Å². The monoisotopic (exact) mass is 876 g/mol. The van der Waals surface area contributed by atoms with Crippen LogP contribution in [0.4, 0.5) is 28.4 Å². The van der Waals surface area contributed by atoms with Gasteiger partial charge in [-0.05, 0) is 127 Å². The lowest BCUT2D eigenvalue weighted by Crippen LogP contribution is -2.63. The number of thiophene rings is 1. The molecule has 0 amide bonds. The van der Waals surface area contributed by atoms with Crippen LogP contribution in [0.25, 0.3) is 42.4 Å². The minimum atomic E-state index is -0.577.